The Kier molecular flexibility index (Phi) is 9.27. The molecule has 4 aromatic rings. The molecule has 11 heteroatoms. The zero-order valence-corrected chi connectivity index (χ0v) is 24.7. The molecule has 0 saturated carbocycles. The molecule has 0 aliphatic carbocycles. The van der Waals surface area contributed by atoms with Gasteiger partial charge in [0.15, 0.2) is 5.65 Å². The summed E-state index contributed by atoms with van der Waals surface area (Å²) in [4.78, 5) is 43.6. The Morgan fingerprint density at radius 2 is 1.80 bits per heavy atom. The van der Waals surface area contributed by atoms with E-state index in [1.54, 1.807) is 17.2 Å². The average Bonchev–Trinajstić information content (AvgIpc) is 2.97. The molecule has 8 nitrogen and oxygen atoms in total. The van der Waals surface area contributed by atoms with Gasteiger partial charge in [-0.05, 0) is 50.5 Å². The summed E-state index contributed by atoms with van der Waals surface area (Å²) in [5, 5.41) is 0.232. The second kappa shape index (κ2) is 12.6. The lowest BCUT2D eigenvalue weighted by molar-refractivity contribution is -0.128. The van der Waals surface area contributed by atoms with Crippen LogP contribution >= 0.6 is 0 Å². The second-order valence-corrected chi connectivity index (χ2v) is 11.2. The van der Waals surface area contributed by atoms with E-state index in [1.165, 1.54) is 41.0 Å². The lowest BCUT2D eigenvalue weighted by atomic mass is 10.0. The molecular weight excluding hydrogens is 569 g/mol. The number of amides is 1. The quantitative estimate of drug-likeness (QED) is 0.230. The fourth-order valence-corrected chi connectivity index (χ4v) is 5.75. The van der Waals surface area contributed by atoms with Gasteiger partial charge in [-0.3, -0.25) is 9.78 Å². The molecule has 2 atom stereocenters. The minimum absolute atomic E-state index is 0. The molecular formula is C33H37F3N6O2. The van der Waals surface area contributed by atoms with Crippen molar-refractivity contribution in [1.82, 2.24) is 24.4 Å². The van der Waals surface area contributed by atoms with Crippen LogP contribution in [0.5, 0.6) is 0 Å². The summed E-state index contributed by atoms with van der Waals surface area (Å²) in [5.41, 5.74) is 0.441. The van der Waals surface area contributed by atoms with Gasteiger partial charge >= 0.3 is 5.69 Å². The zero-order chi connectivity index (χ0) is 31.2. The number of piperazine rings is 1. The van der Waals surface area contributed by atoms with Gasteiger partial charge in [-0.15, -0.1) is 0 Å². The van der Waals surface area contributed by atoms with Crippen molar-refractivity contribution >= 4 is 22.8 Å². The monoisotopic (exact) mass is 606 g/mol. The lowest BCUT2D eigenvalue weighted by Crippen LogP contribution is -2.58. The van der Waals surface area contributed by atoms with E-state index in [0.717, 1.165) is 5.56 Å². The Morgan fingerprint density at radius 1 is 1.09 bits per heavy atom. The first-order chi connectivity index (χ1) is 20.4. The summed E-state index contributed by atoms with van der Waals surface area (Å²) in [7, 11) is 0. The highest BCUT2D eigenvalue weighted by Crippen LogP contribution is 2.36. The molecule has 0 spiro atoms. The van der Waals surface area contributed by atoms with Gasteiger partial charge in [-0.25, -0.2) is 27.5 Å². The van der Waals surface area contributed by atoms with Crippen LogP contribution < -0.4 is 10.6 Å². The molecule has 5 rings (SSSR count). The summed E-state index contributed by atoms with van der Waals surface area (Å²) in [6.07, 6.45) is 0.0375. The van der Waals surface area contributed by atoms with Crippen molar-refractivity contribution in [1.29, 1.82) is 0 Å². The smallest absolute Gasteiger partial charge is 0.349 e. The van der Waals surface area contributed by atoms with E-state index >= 15 is 4.39 Å². The van der Waals surface area contributed by atoms with Gasteiger partial charge in [0.25, 0.3) is 6.43 Å². The van der Waals surface area contributed by atoms with Crippen molar-refractivity contribution in [3.8, 4) is 16.9 Å². The number of alkyl halides is 2. The molecule has 0 unspecified atom stereocenters. The number of aromatic nitrogens is 4. The first-order valence-corrected chi connectivity index (χ1v) is 14.1. The minimum Gasteiger partial charge on any atom is -0.349 e. The van der Waals surface area contributed by atoms with E-state index in [9.17, 15) is 18.4 Å². The molecule has 44 heavy (non-hydrogen) atoms. The standard InChI is InChI=1S/C32H33F3N6O2.CH4/c1-7-25(42)39-15-20(6)40(16-19(39)5)30-23-14-24(33)27(21-10-8-9-11-22(21)29(34)35)37-31(23)41(32(43)38-30)28-18(4)12-13-36-26(28)17(2)3;/h7-14,17,19-20,29H,1,15-16H2,2-6H3;1H4/t19-,20+;/m1./s1. The van der Waals surface area contributed by atoms with Crippen molar-refractivity contribution in [2.75, 3.05) is 18.0 Å². The summed E-state index contributed by atoms with van der Waals surface area (Å²) in [6.45, 7) is 13.7. The number of carbonyl (C=O) groups is 1. The van der Waals surface area contributed by atoms with E-state index in [2.05, 4.69) is 21.5 Å². The molecule has 1 saturated heterocycles. The Balaban J connectivity index is 0.00000442. The summed E-state index contributed by atoms with van der Waals surface area (Å²) < 4.78 is 45.3. The van der Waals surface area contributed by atoms with E-state index in [0.29, 0.717) is 24.5 Å². The number of hydrogen-bond donors (Lipinski definition) is 0. The van der Waals surface area contributed by atoms with Gasteiger partial charge < -0.3 is 9.80 Å². The Labute approximate surface area is 254 Å². The van der Waals surface area contributed by atoms with Crippen molar-refractivity contribution in [3.05, 3.63) is 88.4 Å². The van der Waals surface area contributed by atoms with E-state index in [4.69, 9.17) is 0 Å². The number of nitrogens with zero attached hydrogens (tertiary/aromatic N) is 6. The van der Waals surface area contributed by atoms with E-state index in [1.807, 2.05) is 39.5 Å². The number of hydrogen-bond acceptors (Lipinski definition) is 6. The summed E-state index contributed by atoms with van der Waals surface area (Å²) in [6, 6.07) is 8.01. The van der Waals surface area contributed by atoms with Crippen LogP contribution in [0.3, 0.4) is 0 Å². The predicted molar refractivity (Wildman–Crippen MR) is 167 cm³/mol. The second-order valence-electron chi connectivity index (χ2n) is 11.2. The highest BCUT2D eigenvalue weighted by Gasteiger charge is 2.34. The van der Waals surface area contributed by atoms with Crippen LogP contribution in [-0.4, -0.2) is 55.5 Å². The topological polar surface area (TPSA) is 84.2 Å². The third kappa shape index (κ3) is 5.58. The maximum Gasteiger partial charge on any atom is 0.355 e. The van der Waals surface area contributed by atoms with E-state index < -0.39 is 17.9 Å². The van der Waals surface area contributed by atoms with Gasteiger partial charge in [0.1, 0.15) is 17.3 Å². The minimum atomic E-state index is -2.87. The van der Waals surface area contributed by atoms with Crippen molar-refractivity contribution in [2.45, 2.75) is 66.5 Å². The predicted octanol–water partition coefficient (Wildman–Crippen LogP) is 6.60. The third-order valence-electron chi connectivity index (χ3n) is 7.89. The molecule has 0 bridgehead atoms. The number of aryl methyl sites for hydroxylation is 1. The average molecular weight is 607 g/mol. The van der Waals surface area contributed by atoms with Crippen LogP contribution in [0.4, 0.5) is 19.0 Å². The first kappa shape index (κ1) is 32.4. The number of fused-ring (bicyclic) bond motifs is 1. The molecule has 0 N–H and O–H groups in total. The number of halogens is 3. The van der Waals surface area contributed by atoms with Crippen molar-refractivity contribution in [3.63, 3.8) is 0 Å². The molecule has 1 aromatic carbocycles. The van der Waals surface area contributed by atoms with E-state index in [-0.39, 0.29) is 65.0 Å². The molecule has 232 valence electrons. The maximum atomic E-state index is 16.0. The molecule has 1 aliphatic rings. The highest BCUT2D eigenvalue weighted by molar-refractivity contribution is 5.91. The van der Waals surface area contributed by atoms with Gasteiger partial charge in [0.2, 0.25) is 5.91 Å². The Bertz CT molecular complexity index is 1790. The molecule has 3 aromatic heterocycles. The third-order valence-corrected chi connectivity index (χ3v) is 7.89. The van der Waals surface area contributed by atoms with Crippen LogP contribution in [0.15, 0.2) is 60.0 Å². The van der Waals surface area contributed by atoms with Crippen molar-refractivity contribution < 1.29 is 18.0 Å². The number of anilines is 1. The Morgan fingerprint density at radius 3 is 2.45 bits per heavy atom. The summed E-state index contributed by atoms with van der Waals surface area (Å²) in [5.74, 6) is -0.932. The molecule has 1 aliphatic heterocycles. The number of rotatable bonds is 6. The van der Waals surface area contributed by atoms with Gasteiger partial charge in [0.05, 0.1) is 16.8 Å². The SMILES string of the molecule is C.C=CC(=O)N1C[C@H](C)N(c2nc(=O)n(-c3c(C)ccnc3C(C)C)c3nc(-c4ccccc4C(F)F)c(F)cc23)C[C@H]1C. The van der Waals surface area contributed by atoms with Gasteiger partial charge in [-0.2, -0.15) is 4.98 Å². The normalized spacial score (nSPS) is 16.9. The number of pyridine rings is 2. The van der Waals surface area contributed by atoms with Crippen LogP contribution in [0, 0.1) is 12.7 Å². The van der Waals surface area contributed by atoms with Crippen molar-refractivity contribution in [2.24, 2.45) is 0 Å². The fraction of sp³-hybridized carbons (Fsp3) is 0.364. The zero-order valence-electron chi connectivity index (χ0n) is 24.7. The first-order valence-electron chi connectivity index (χ1n) is 14.1. The maximum absolute atomic E-state index is 16.0. The van der Waals surface area contributed by atoms with Crippen LogP contribution in [0.25, 0.3) is 28.0 Å². The molecule has 1 amide bonds. The Hall–Kier alpha value is -4.54. The van der Waals surface area contributed by atoms with Gasteiger partial charge in [0, 0.05) is 42.5 Å². The molecule has 0 radical (unpaired) electrons. The van der Waals surface area contributed by atoms with Crippen LogP contribution in [0.2, 0.25) is 0 Å². The molecule has 4 heterocycles. The largest absolute Gasteiger partial charge is 0.355 e. The number of carbonyl (C=O) groups excluding carboxylic acids is 1. The summed E-state index contributed by atoms with van der Waals surface area (Å²) >= 11 is 0. The number of benzene rings is 1. The lowest BCUT2D eigenvalue weighted by Gasteiger charge is -2.44. The van der Waals surface area contributed by atoms with Gasteiger partial charge in [-0.1, -0.05) is 52.1 Å². The van der Waals surface area contributed by atoms with Crippen LogP contribution in [-0.2, 0) is 4.79 Å². The highest BCUT2D eigenvalue weighted by atomic mass is 19.3. The molecule has 1 fully saturated rings. The fourth-order valence-electron chi connectivity index (χ4n) is 5.75. The van der Waals surface area contributed by atoms with Crippen LogP contribution in [0.1, 0.15) is 64.3 Å².